The van der Waals surface area contributed by atoms with Crippen molar-refractivity contribution in [3.63, 3.8) is 0 Å². The summed E-state index contributed by atoms with van der Waals surface area (Å²) in [5.74, 6) is -0.0727. The maximum atomic E-state index is 10.8. The summed E-state index contributed by atoms with van der Waals surface area (Å²) in [5.41, 5.74) is -0.629. The molecule has 0 unspecified atom stereocenters. The van der Waals surface area contributed by atoms with E-state index in [-0.39, 0.29) is 5.78 Å². The fourth-order valence-corrected chi connectivity index (χ4v) is 1.10. The van der Waals surface area contributed by atoms with E-state index in [2.05, 4.69) is 6.58 Å². The molecule has 0 radical (unpaired) electrons. The molecule has 0 aliphatic heterocycles. The van der Waals surface area contributed by atoms with Gasteiger partial charge in [0.25, 0.3) is 0 Å². The van der Waals surface area contributed by atoms with E-state index in [1.807, 2.05) is 0 Å². The predicted molar refractivity (Wildman–Crippen MR) is 46.6 cm³/mol. The molecule has 0 saturated carbocycles. The van der Waals surface area contributed by atoms with Gasteiger partial charge in [-0.1, -0.05) is 18.2 Å². The Morgan fingerprint density at radius 2 is 2.00 bits per heavy atom. The minimum absolute atomic E-state index is 0.0727. The van der Waals surface area contributed by atoms with Crippen molar-refractivity contribution in [1.29, 1.82) is 0 Å². The lowest BCUT2D eigenvalue weighted by atomic mass is 9.82. The van der Waals surface area contributed by atoms with Crippen LogP contribution in [0.1, 0.15) is 6.42 Å². The molecule has 2 heteroatoms. The predicted octanol–water partition coefficient (Wildman–Crippen LogP) is 1.44. The molecule has 0 atom stereocenters. The molecule has 0 aromatic heterocycles. The van der Waals surface area contributed by atoms with E-state index in [9.17, 15) is 9.59 Å². The first-order valence-electron chi connectivity index (χ1n) is 3.72. The van der Waals surface area contributed by atoms with E-state index < -0.39 is 5.41 Å². The van der Waals surface area contributed by atoms with Gasteiger partial charge in [0.1, 0.15) is 6.29 Å². The average Bonchev–Trinajstić information content (AvgIpc) is 2.10. The lowest BCUT2D eigenvalue weighted by Crippen LogP contribution is -2.19. The molecule has 1 rings (SSSR count). The number of ketones is 1. The summed E-state index contributed by atoms with van der Waals surface area (Å²) >= 11 is 0. The van der Waals surface area contributed by atoms with E-state index >= 15 is 0 Å². The molecule has 12 heavy (non-hydrogen) atoms. The van der Waals surface area contributed by atoms with Gasteiger partial charge in [0, 0.05) is 0 Å². The molecule has 0 heterocycles. The van der Waals surface area contributed by atoms with Crippen molar-refractivity contribution >= 4 is 12.1 Å². The fraction of sp³-hybridized carbons (Fsp3) is 0.200. The molecule has 0 saturated heterocycles. The second-order valence-corrected chi connectivity index (χ2v) is 2.79. The van der Waals surface area contributed by atoms with Crippen LogP contribution in [0.15, 0.2) is 37.0 Å². The highest BCUT2D eigenvalue weighted by molar-refractivity contribution is 6.01. The Kier molecular flexibility index (Phi) is 2.38. The highest BCUT2D eigenvalue weighted by atomic mass is 16.1. The Morgan fingerprint density at radius 1 is 1.42 bits per heavy atom. The molecule has 0 amide bonds. The standard InChI is InChI=1S/C10H10O2/c1-2-5-10(8-11)6-3-9(12)4-7-10/h2-4,6-8H,1,5H2. The van der Waals surface area contributed by atoms with Crippen LogP contribution in [0, 0.1) is 5.41 Å². The first-order chi connectivity index (χ1) is 5.72. The first kappa shape index (κ1) is 8.65. The number of carbonyl (C=O) groups excluding carboxylic acids is 2. The topological polar surface area (TPSA) is 34.1 Å². The summed E-state index contributed by atoms with van der Waals surface area (Å²) in [7, 11) is 0. The summed E-state index contributed by atoms with van der Waals surface area (Å²) in [6.07, 6.45) is 9.09. The fourth-order valence-electron chi connectivity index (χ4n) is 1.10. The van der Waals surface area contributed by atoms with Gasteiger partial charge in [-0.3, -0.25) is 4.79 Å². The van der Waals surface area contributed by atoms with Crippen LogP contribution in [0.2, 0.25) is 0 Å². The summed E-state index contributed by atoms with van der Waals surface area (Å²) in [5, 5.41) is 0. The minimum atomic E-state index is -0.629. The van der Waals surface area contributed by atoms with Gasteiger partial charge in [0.15, 0.2) is 5.78 Å². The minimum Gasteiger partial charge on any atom is -0.302 e. The highest BCUT2D eigenvalue weighted by Gasteiger charge is 2.24. The van der Waals surface area contributed by atoms with Crippen LogP contribution in [0.25, 0.3) is 0 Å². The molecule has 62 valence electrons. The zero-order valence-corrected chi connectivity index (χ0v) is 6.69. The van der Waals surface area contributed by atoms with Gasteiger partial charge in [-0.05, 0) is 18.6 Å². The first-order valence-corrected chi connectivity index (χ1v) is 3.72. The average molecular weight is 162 g/mol. The lowest BCUT2D eigenvalue weighted by Gasteiger charge is -2.19. The van der Waals surface area contributed by atoms with Crippen LogP contribution in [-0.4, -0.2) is 12.1 Å². The molecular weight excluding hydrogens is 152 g/mol. The quantitative estimate of drug-likeness (QED) is 0.465. The molecule has 1 aliphatic rings. The Morgan fingerprint density at radius 3 is 2.42 bits per heavy atom. The second kappa shape index (κ2) is 3.30. The van der Waals surface area contributed by atoms with Crippen molar-refractivity contribution in [1.82, 2.24) is 0 Å². The molecule has 2 nitrogen and oxygen atoms in total. The van der Waals surface area contributed by atoms with E-state index in [1.54, 1.807) is 18.2 Å². The van der Waals surface area contributed by atoms with E-state index in [4.69, 9.17) is 0 Å². The number of hydrogen-bond donors (Lipinski definition) is 0. The summed E-state index contributed by atoms with van der Waals surface area (Å²) < 4.78 is 0. The molecule has 0 aromatic rings. The molecule has 0 spiro atoms. The molecule has 0 fully saturated rings. The van der Waals surface area contributed by atoms with Crippen LogP contribution in [-0.2, 0) is 9.59 Å². The summed E-state index contributed by atoms with van der Waals surface area (Å²) in [4.78, 5) is 21.5. The molecular formula is C10H10O2. The Balaban J connectivity index is 2.89. The van der Waals surface area contributed by atoms with E-state index in [0.29, 0.717) is 6.42 Å². The van der Waals surface area contributed by atoms with E-state index in [1.165, 1.54) is 12.2 Å². The molecule has 0 aromatic carbocycles. The number of hydrogen-bond acceptors (Lipinski definition) is 2. The largest absolute Gasteiger partial charge is 0.302 e. The van der Waals surface area contributed by atoms with Crippen LogP contribution < -0.4 is 0 Å². The molecule has 0 bridgehead atoms. The van der Waals surface area contributed by atoms with Crippen molar-refractivity contribution in [2.75, 3.05) is 0 Å². The number of aldehydes is 1. The van der Waals surface area contributed by atoms with Crippen LogP contribution in [0.5, 0.6) is 0 Å². The maximum absolute atomic E-state index is 10.8. The van der Waals surface area contributed by atoms with Crippen LogP contribution in [0.3, 0.4) is 0 Å². The smallest absolute Gasteiger partial charge is 0.178 e. The third-order valence-electron chi connectivity index (χ3n) is 1.83. The van der Waals surface area contributed by atoms with Crippen molar-refractivity contribution in [2.24, 2.45) is 5.41 Å². The second-order valence-electron chi connectivity index (χ2n) is 2.79. The van der Waals surface area contributed by atoms with Gasteiger partial charge in [-0.2, -0.15) is 0 Å². The highest BCUT2D eigenvalue weighted by Crippen LogP contribution is 2.26. The van der Waals surface area contributed by atoms with Gasteiger partial charge in [0.05, 0.1) is 5.41 Å². The van der Waals surface area contributed by atoms with E-state index in [0.717, 1.165) is 6.29 Å². The van der Waals surface area contributed by atoms with Crippen LogP contribution >= 0.6 is 0 Å². The Bertz CT molecular complexity index is 256. The van der Waals surface area contributed by atoms with Gasteiger partial charge < -0.3 is 4.79 Å². The number of allylic oxidation sites excluding steroid dienone is 5. The Hall–Kier alpha value is -1.44. The third-order valence-corrected chi connectivity index (χ3v) is 1.83. The Labute approximate surface area is 71.3 Å². The summed E-state index contributed by atoms with van der Waals surface area (Å²) in [6.45, 7) is 3.56. The molecule has 0 N–H and O–H groups in total. The van der Waals surface area contributed by atoms with Crippen molar-refractivity contribution < 1.29 is 9.59 Å². The van der Waals surface area contributed by atoms with Gasteiger partial charge in [-0.25, -0.2) is 0 Å². The van der Waals surface area contributed by atoms with Gasteiger partial charge in [-0.15, -0.1) is 6.58 Å². The zero-order chi connectivity index (χ0) is 9.03. The summed E-state index contributed by atoms with van der Waals surface area (Å²) in [6, 6.07) is 0. The van der Waals surface area contributed by atoms with Crippen molar-refractivity contribution in [3.8, 4) is 0 Å². The molecule has 1 aliphatic carbocycles. The zero-order valence-electron chi connectivity index (χ0n) is 6.69. The van der Waals surface area contributed by atoms with Crippen molar-refractivity contribution in [2.45, 2.75) is 6.42 Å². The lowest BCUT2D eigenvalue weighted by molar-refractivity contribution is -0.112. The third kappa shape index (κ3) is 1.59. The van der Waals surface area contributed by atoms with Gasteiger partial charge >= 0.3 is 0 Å². The van der Waals surface area contributed by atoms with Crippen LogP contribution in [0.4, 0.5) is 0 Å². The normalized spacial score (nSPS) is 19.2. The van der Waals surface area contributed by atoms with Gasteiger partial charge in [0.2, 0.25) is 0 Å². The van der Waals surface area contributed by atoms with Crippen molar-refractivity contribution in [3.05, 3.63) is 37.0 Å². The SMILES string of the molecule is C=CCC1(C=O)C=CC(=O)C=C1. The maximum Gasteiger partial charge on any atom is 0.178 e. The number of rotatable bonds is 3. The number of carbonyl (C=O) groups is 2. The monoisotopic (exact) mass is 162 g/mol.